The molecule has 40 heavy (non-hydrogen) atoms. The lowest BCUT2D eigenvalue weighted by Gasteiger charge is -2.31. The zero-order valence-electron chi connectivity index (χ0n) is 23.2. The van der Waals surface area contributed by atoms with Crippen molar-refractivity contribution in [2.45, 2.75) is 45.4 Å². The summed E-state index contributed by atoms with van der Waals surface area (Å²) in [5.74, 6) is -3.48. The van der Waals surface area contributed by atoms with Gasteiger partial charge in [0.25, 0.3) is 0 Å². The fourth-order valence-corrected chi connectivity index (χ4v) is 5.95. The maximum absolute atomic E-state index is 13.5. The molecule has 2 aromatic carbocycles. The molecule has 1 aliphatic rings. The number of amides is 2. The Labute approximate surface area is 235 Å². The van der Waals surface area contributed by atoms with Crippen LogP contribution >= 0.6 is 0 Å². The van der Waals surface area contributed by atoms with E-state index in [2.05, 4.69) is 5.32 Å². The monoisotopic (exact) mass is 574 g/mol. The van der Waals surface area contributed by atoms with E-state index >= 15 is 0 Å². The second-order valence-corrected chi connectivity index (χ2v) is 12.8. The molecule has 0 aliphatic carbocycles. The van der Waals surface area contributed by atoms with Crippen molar-refractivity contribution in [2.24, 2.45) is 5.92 Å². The quantitative estimate of drug-likeness (QED) is 0.406. The van der Waals surface area contributed by atoms with Crippen molar-refractivity contribution in [3.05, 3.63) is 71.8 Å². The number of carbonyl (C=O) groups is 3. The minimum atomic E-state index is -4.05. The van der Waals surface area contributed by atoms with Crippen LogP contribution in [0.2, 0.25) is 0 Å². The summed E-state index contributed by atoms with van der Waals surface area (Å²) in [6.45, 7) is 6.16. The molecule has 1 unspecified atom stereocenters. The number of morpholine rings is 1. The molecule has 1 N–H and O–H groups in total. The van der Waals surface area contributed by atoms with E-state index in [0.29, 0.717) is 13.2 Å². The van der Waals surface area contributed by atoms with Crippen molar-refractivity contribution in [2.75, 3.05) is 37.8 Å². The molecular formula is C29H38N2O8S. The number of rotatable bonds is 11. The molecule has 0 aromatic heterocycles. The average molecular weight is 575 g/mol. The largest absolute Gasteiger partial charge is 0.461 e. The molecule has 1 heterocycles. The number of nitrogens with one attached hydrogen (secondary N) is 1. The van der Waals surface area contributed by atoms with Gasteiger partial charge in [-0.2, -0.15) is 0 Å². The topological polar surface area (TPSA) is 128 Å². The molecule has 11 heteroatoms. The van der Waals surface area contributed by atoms with Gasteiger partial charge >= 0.3 is 12.1 Å². The van der Waals surface area contributed by atoms with Gasteiger partial charge in [-0.1, -0.05) is 60.7 Å². The van der Waals surface area contributed by atoms with Gasteiger partial charge in [0, 0.05) is 13.1 Å². The number of ether oxygens (including phenoxy) is 3. The van der Waals surface area contributed by atoms with Crippen LogP contribution in [0.25, 0.3) is 0 Å². The Kier molecular flexibility index (Phi) is 11.1. The fourth-order valence-electron chi connectivity index (χ4n) is 4.21. The van der Waals surface area contributed by atoms with Crippen molar-refractivity contribution in [3.8, 4) is 0 Å². The second-order valence-electron chi connectivity index (χ2n) is 10.7. The molecule has 1 fully saturated rings. The summed E-state index contributed by atoms with van der Waals surface area (Å²) >= 11 is 0. The maximum Gasteiger partial charge on any atom is 0.408 e. The number of esters is 1. The van der Waals surface area contributed by atoms with E-state index in [9.17, 15) is 22.8 Å². The van der Waals surface area contributed by atoms with Gasteiger partial charge in [-0.15, -0.1) is 0 Å². The first-order chi connectivity index (χ1) is 18.9. The average Bonchev–Trinajstić information content (AvgIpc) is 2.91. The van der Waals surface area contributed by atoms with E-state index in [-0.39, 0.29) is 26.1 Å². The third kappa shape index (κ3) is 10.6. The van der Waals surface area contributed by atoms with E-state index in [1.54, 1.807) is 57.2 Å². The van der Waals surface area contributed by atoms with Crippen LogP contribution in [0.5, 0.6) is 0 Å². The van der Waals surface area contributed by atoms with Gasteiger partial charge in [0.2, 0.25) is 5.91 Å². The highest BCUT2D eigenvalue weighted by Crippen LogP contribution is 2.17. The van der Waals surface area contributed by atoms with Crippen LogP contribution < -0.4 is 5.32 Å². The number of nitrogens with zero attached hydrogens (tertiary/aromatic N) is 1. The lowest BCUT2D eigenvalue weighted by Crippen LogP contribution is -2.55. The Balaban J connectivity index is 1.78. The summed E-state index contributed by atoms with van der Waals surface area (Å²) in [6, 6.07) is 16.7. The number of carbonyl (C=O) groups excluding carboxylic acids is 3. The molecule has 2 atom stereocenters. The smallest absolute Gasteiger partial charge is 0.408 e. The van der Waals surface area contributed by atoms with Gasteiger partial charge in [0.05, 0.1) is 30.6 Å². The minimum absolute atomic E-state index is 0.00333. The Hall–Kier alpha value is -3.44. The van der Waals surface area contributed by atoms with Crippen molar-refractivity contribution >= 4 is 27.8 Å². The van der Waals surface area contributed by atoms with E-state index < -0.39 is 56.9 Å². The van der Waals surface area contributed by atoms with Gasteiger partial charge in [-0.3, -0.25) is 9.59 Å². The molecule has 0 radical (unpaired) electrons. The number of alkyl carbamates (subject to hydrolysis) is 1. The number of sulfone groups is 1. The van der Waals surface area contributed by atoms with Gasteiger partial charge in [-0.05, 0) is 38.3 Å². The molecule has 3 rings (SSSR count). The van der Waals surface area contributed by atoms with Crippen molar-refractivity contribution < 1.29 is 37.0 Å². The Morgan fingerprint density at radius 2 is 1.50 bits per heavy atom. The van der Waals surface area contributed by atoms with Crippen LogP contribution in [0.15, 0.2) is 60.7 Å². The van der Waals surface area contributed by atoms with Crippen LogP contribution in [-0.4, -0.2) is 80.7 Å². The highest BCUT2D eigenvalue weighted by Gasteiger charge is 2.35. The van der Waals surface area contributed by atoms with Crippen LogP contribution in [-0.2, 0) is 46.7 Å². The third-order valence-electron chi connectivity index (χ3n) is 6.07. The lowest BCUT2D eigenvalue weighted by molar-refractivity contribution is -0.149. The van der Waals surface area contributed by atoms with Gasteiger partial charge < -0.3 is 24.4 Å². The molecule has 1 aliphatic heterocycles. The number of hydrogen-bond acceptors (Lipinski definition) is 8. The minimum Gasteiger partial charge on any atom is -0.461 e. The number of hydrogen-bond donors (Lipinski definition) is 1. The predicted octanol–water partition coefficient (Wildman–Crippen LogP) is 2.76. The van der Waals surface area contributed by atoms with Crippen LogP contribution in [0.1, 0.15) is 31.9 Å². The Morgan fingerprint density at radius 3 is 2.08 bits per heavy atom. The molecule has 10 nitrogen and oxygen atoms in total. The second kappa shape index (κ2) is 14.3. The zero-order valence-corrected chi connectivity index (χ0v) is 24.0. The van der Waals surface area contributed by atoms with Crippen LogP contribution in [0, 0.1) is 5.92 Å². The van der Waals surface area contributed by atoms with Crippen molar-refractivity contribution in [3.63, 3.8) is 0 Å². The fraction of sp³-hybridized carbons (Fsp3) is 0.483. The summed E-state index contributed by atoms with van der Waals surface area (Å²) in [5, 5.41) is 2.44. The van der Waals surface area contributed by atoms with Gasteiger partial charge in [-0.25, -0.2) is 13.2 Å². The zero-order chi connectivity index (χ0) is 29.2. The highest BCUT2D eigenvalue weighted by molar-refractivity contribution is 7.91. The maximum atomic E-state index is 13.5. The standard InChI is InChI=1S/C29H38N2O8S/c1-29(2,3)39-28(34)30-25(26(32)31-14-16-37-17-15-31)21-40(35,36)20-24(18-22-10-6-4-7-11-22)27(33)38-19-23-12-8-5-9-13-23/h4-13,24-25H,14-21H2,1-3H3,(H,30,34)/t24?,25-/m1/s1. The molecular weight excluding hydrogens is 536 g/mol. The van der Waals surface area contributed by atoms with Crippen molar-refractivity contribution in [1.82, 2.24) is 10.2 Å². The molecule has 0 bridgehead atoms. The van der Waals surface area contributed by atoms with Gasteiger partial charge in [0.15, 0.2) is 9.84 Å². The Bertz CT molecular complexity index is 1220. The van der Waals surface area contributed by atoms with E-state index in [4.69, 9.17) is 14.2 Å². The van der Waals surface area contributed by atoms with Crippen LogP contribution in [0.3, 0.4) is 0 Å². The van der Waals surface area contributed by atoms with E-state index in [0.717, 1.165) is 11.1 Å². The first-order valence-corrected chi connectivity index (χ1v) is 15.0. The van der Waals surface area contributed by atoms with Gasteiger partial charge in [0.1, 0.15) is 18.2 Å². The Morgan fingerprint density at radius 1 is 0.925 bits per heavy atom. The molecule has 1 saturated heterocycles. The van der Waals surface area contributed by atoms with Crippen LogP contribution in [0.4, 0.5) is 4.79 Å². The first-order valence-electron chi connectivity index (χ1n) is 13.2. The third-order valence-corrected chi connectivity index (χ3v) is 7.82. The summed E-state index contributed by atoms with van der Waals surface area (Å²) in [5.41, 5.74) is 0.695. The first kappa shape index (κ1) is 31.1. The van der Waals surface area contributed by atoms with E-state index in [1.807, 2.05) is 24.3 Å². The SMILES string of the molecule is CC(C)(C)OC(=O)N[C@H](CS(=O)(=O)CC(Cc1ccccc1)C(=O)OCc1ccccc1)C(=O)N1CCOCC1. The van der Waals surface area contributed by atoms with E-state index in [1.165, 1.54) is 4.90 Å². The summed E-state index contributed by atoms with van der Waals surface area (Å²) in [7, 11) is -4.05. The molecule has 2 aromatic rings. The summed E-state index contributed by atoms with van der Waals surface area (Å²) < 4.78 is 43.0. The molecule has 0 saturated carbocycles. The molecule has 0 spiro atoms. The number of benzene rings is 2. The predicted molar refractivity (Wildman–Crippen MR) is 149 cm³/mol. The normalized spacial score (nSPS) is 15.5. The summed E-state index contributed by atoms with van der Waals surface area (Å²) in [4.78, 5) is 40.4. The molecule has 2 amide bonds. The highest BCUT2D eigenvalue weighted by atomic mass is 32.2. The summed E-state index contributed by atoms with van der Waals surface area (Å²) in [6.07, 6.45) is -0.771. The molecule has 218 valence electrons. The lowest BCUT2D eigenvalue weighted by atomic mass is 10.0. The van der Waals surface area contributed by atoms with Crippen molar-refractivity contribution in [1.29, 1.82) is 0 Å².